The molecule has 1 heterocycles. The number of unbranched alkanes of at least 4 members (excludes halogenated alkanes) is 1. The summed E-state index contributed by atoms with van der Waals surface area (Å²) in [6, 6.07) is 15.6. The number of nitrogens with one attached hydrogen (secondary N) is 1. The first-order valence-corrected chi connectivity index (χ1v) is 8.74. The third kappa shape index (κ3) is 3.68. The van der Waals surface area contributed by atoms with E-state index in [9.17, 15) is 4.79 Å². The standard InChI is InChI=1S/C21H24N2O2/c1-3-5-13-23-20(16-9-8-10-17(15-16)25-14-4-2)22-19-12-7-6-11-18(19)21(23)24/h4,6-12,15,20,22H,2-3,5,13-14H2,1H3. The summed E-state index contributed by atoms with van der Waals surface area (Å²) in [5, 5.41) is 3.52. The molecule has 1 aliphatic rings. The summed E-state index contributed by atoms with van der Waals surface area (Å²) in [7, 11) is 0. The molecule has 1 unspecified atom stereocenters. The Kier molecular flexibility index (Phi) is 5.39. The van der Waals surface area contributed by atoms with Crippen LogP contribution in [0.2, 0.25) is 0 Å². The molecule has 0 bridgehead atoms. The van der Waals surface area contributed by atoms with E-state index < -0.39 is 0 Å². The number of carbonyl (C=O) groups excluding carboxylic acids is 1. The van der Waals surface area contributed by atoms with E-state index in [2.05, 4.69) is 18.8 Å². The second-order valence-electron chi connectivity index (χ2n) is 6.12. The maximum atomic E-state index is 13.0. The summed E-state index contributed by atoms with van der Waals surface area (Å²) >= 11 is 0. The van der Waals surface area contributed by atoms with Crippen molar-refractivity contribution >= 4 is 11.6 Å². The maximum absolute atomic E-state index is 13.0. The van der Waals surface area contributed by atoms with Gasteiger partial charge in [0.05, 0.1) is 5.56 Å². The minimum Gasteiger partial charge on any atom is -0.490 e. The fraction of sp³-hybridized carbons (Fsp3) is 0.286. The van der Waals surface area contributed by atoms with Crippen molar-refractivity contribution in [3.63, 3.8) is 0 Å². The number of para-hydroxylation sites is 1. The number of nitrogens with zero attached hydrogens (tertiary/aromatic N) is 1. The summed E-state index contributed by atoms with van der Waals surface area (Å²) in [5.74, 6) is 0.853. The van der Waals surface area contributed by atoms with Gasteiger partial charge in [-0.2, -0.15) is 0 Å². The molecule has 4 nitrogen and oxygen atoms in total. The smallest absolute Gasteiger partial charge is 0.257 e. The van der Waals surface area contributed by atoms with Crippen LogP contribution in [0.15, 0.2) is 61.2 Å². The van der Waals surface area contributed by atoms with Gasteiger partial charge in [-0.15, -0.1) is 0 Å². The van der Waals surface area contributed by atoms with E-state index in [0.29, 0.717) is 6.61 Å². The number of carbonyl (C=O) groups is 1. The third-order valence-corrected chi connectivity index (χ3v) is 4.32. The van der Waals surface area contributed by atoms with E-state index in [-0.39, 0.29) is 12.1 Å². The predicted octanol–water partition coefficient (Wildman–Crippen LogP) is 4.62. The van der Waals surface area contributed by atoms with Crippen LogP contribution in [0.4, 0.5) is 5.69 Å². The molecule has 4 heteroatoms. The van der Waals surface area contributed by atoms with Crippen molar-refractivity contribution in [2.75, 3.05) is 18.5 Å². The van der Waals surface area contributed by atoms with Crippen molar-refractivity contribution in [2.24, 2.45) is 0 Å². The Morgan fingerprint density at radius 2 is 2.08 bits per heavy atom. The highest BCUT2D eigenvalue weighted by atomic mass is 16.5. The van der Waals surface area contributed by atoms with Crippen LogP contribution in [0.3, 0.4) is 0 Å². The van der Waals surface area contributed by atoms with Crippen LogP contribution in [0.5, 0.6) is 5.75 Å². The summed E-state index contributed by atoms with van der Waals surface area (Å²) in [6.07, 6.45) is 3.54. The topological polar surface area (TPSA) is 41.6 Å². The molecule has 1 amide bonds. The van der Waals surface area contributed by atoms with E-state index in [1.807, 2.05) is 53.4 Å². The molecular weight excluding hydrogens is 312 g/mol. The van der Waals surface area contributed by atoms with E-state index in [1.54, 1.807) is 6.08 Å². The minimum atomic E-state index is -0.193. The van der Waals surface area contributed by atoms with Crippen molar-refractivity contribution < 1.29 is 9.53 Å². The lowest BCUT2D eigenvalue weighted by molar-refractivity contribution is 0.0680. The zero-order chi connectivity index (χ0) is 17.6. The van der Waals surface area contributed by atoms with Crippen LogP contribution >= 0.6 is 0 Å². The molecule has 130 valence electrons. The number of hydrogen-bond donors (Lipinski definition) is 1. The number of ether oxygens (including phenoxy) is 1. The molecule has 3 rings (SSSR count). The highest BCUT2D eigenvalue weighted by molar-refractivity contribution is 6.01. The molecule has 2 aromatic rings. The molecule has 0 radical (unpaired) electrons. The first kappa shape index (κ1) is 17.1. The molecule has 0 fully saturated rings. The fourth-order valence-electron chi connectivity index (χ4n) is 3.04. The summed E-state index contributed by atoms with van der Waals surface area (Å²) < 4.78 is 5.65. The first-order chi connectivity index (χ1) is 12.2. The minimum absolute atomic E-state index is 0.0743. The van der Waals surface area contributed by atoms with Gasteiger partial charge in [-0.25, -0.2) is 0 Å². The lowest BCUT2D eigenvalue weighted by Crippen LogP contribution is -2.43. The normalized spacial score (nSPS) is 16.1. The van der Waals surface area contributed by atoms with Crippen LogP contribution in [0.25, 0.3) is 0 Å². The maximum Gasteiger partial charge on any atom is 0.257 e. The van der Waals surface area contributed by atoms with Crippen LogP contribution in [-0.4, -0.2) is 24.0 Å². The summed E-state index contributed by atoms with van der Waals surface area (Å²) in [5.41, 5.74) is 2.62. The Morgan fingerprint density at radius 1 is 1.24 bits per heavy atom. The molecule has 1 N–H and O–H groups in total. The molecule has 0 aliphatic carbocycles. The molecule has 0 saturated carbocycles. The quantitative estimate of drug-likeness (QED) is 0.750. The molecule has 1 atom stereocenters. The van der Waals surface area contributed by atoms with Gasteiger partial charge in [0.2, 0.25) is 0 Å². The van der Waals surface area contributed by atoms with Crippen LogP contribution in [-0.2, 0) is 0 Å². The van der Waals surface area contributed by atoms with E-state index in [1.165, 1.54) is 0 Å². The van der Waals surface area contributed by atoms with Crippen molar-refractivity contribution in [3.8, 4) is 5.75 Å². The van der Waals surface area contributed by atoms with E-state index >= 15 is 0 Å². The Bertz CT molecular complexity index is 757. The second-order valence-corrected chi connectivity index (χ2v) is 6.12. The highest BCUT2D eigenvalue weighted by Gasteiger charge is 2.32. The molecular formula is C21H24N2O2. The number of rotatable bonds is 7. The van der Waals surface area contributed by atoms with Gasteiger partial charge in [-0.05, 0) is 36.2 Å². The van der Waals surface area contributed by atoms with Crippen molar-refractivity contribution in [1.82, 2.24) is 4.90 Å². The largest absolute Gasteiger partial charge is 0.490 e. The van der Waals surface area contributed by atoms with Gasteiger partial charge in [0.25, 0.3) is 5.91 Å². The van der Waals surface area contributed by atoms with Gasteiger partial charge in [-0.1, -0.05) is 50.3 Å². The number of amides is 1. The van der Waals surface area contributed by atoms with Gasteiger partial charge in [0.15, 0.2) is 0 Å². The molecule has 25 heavy (non-hydrogen) atoms. The van der Waals surface area contributed by atoms with Gasteiger partial charge in [-0.3, -0.25) is 4.79 Å². The third-order valence-electron chi connectivity index (χ3n) is 4.32. The molecule has 0 saturated heterocycles. The fourth-order valence-corrected chi connectivity index (χ4v) is 3.04. The average molecular weight is 336 g/mol. The predicted molar refractivity (Wildman–Crippen MR) is 101 cm³/mol. The number of hydrogen-bond acceptors (Lipinski definition) is 3. The van der Waals surface area contributed by atoms with Crippen molar-refractivity contribution in [1.29, 1.82) is 0 Å². The van der Waals surface area contributed by atoms with Gasteiger partial charge >= 0.3 is 0 Å². The average Bonchev–Trinajstić information content (AvgIpc) is 2.66. The molecule has 0 spiro atoms. The second kappa shape index (κ2) is 7.88. The van der Waals surface area contributed by atoms with Crippen LogP contribution < -0.4 is 10.1 Å². The highest BCUT2D eigenvalue weighted by Crippen LogP contribution is 2.34. The SMILES string of the molecule is C=CCOc1cccc(C2Nc3ccccc3C(=O)N2CCCC)c1. The Hall–Kier alpha value is -2.75. The molecule has 1 aliphatic heterocycles. The molecule has 0 aromatic heterocycles. The van der Waals surface area contributed by atoms with Crippen LogP contribution in [0.1, 0.15) is 41.9 Å². The molecule has 2 aromatic carbocycles. The Morgan fingerprint density at radius 3 is 2.88 bits per heavy atom. The monoisotopic (exact) mass is 336 g/mol. The summed E-state index contributed by atoms with van der Waals surface area (Å²) in [6.45, 7) is 6.99. The Labute approximate surface area is 149 Å². The van der Waals surface area contributed by atoms with Gasteiger partial charge in [0.1, 0.15) is 18.5 Å². The van der Waals surface area contributed by atoms with Crippen molar-refractivity contribution in [2.45, 2.75) is 25.9 Å². The zero-order valence-electron chi connectivity index (χ0n) is 14.6. The number of anilines is 1. The lowest BCUT2D eigenvalue weighted by atomic mass is 10.0. The lowest BCUT2D eigenvalue weighted by Gasteiger charge is -2.38. The number of fused-ring (bicyclic) bond motifs is 1. The van der Waals surface area contributed by atoms with E-state index in [4.69, 9.17) is 4.74 Å². The van der Waals surface area contributed by atoms with Gasteiger partial charge < -0.3 is 15.0 Å². The number of benzene rings is 2. The van der Waals surface area contributed by atoms with Crippen molar-refractivity contribution in [3.05, 3.63) is 72.3 Å². The van der Waals surface area contributed by atoms with E-state index in [0.717, 1.165) is 42.0 Å². The summed E-state index contributed by atoms with van der Waals surface area (Å²) in [4.78, 5) is 14.9. The Balaban J connectivity index is 1.94. The zero-order valence-corrected chi connectivity index (χ0v) is 14.6. The van der Waals surface area contributed by atoms with Crippen LogP contribution in [0, 0.1) is 0 Å². The van der Waals surface area contributed by atoms with Gasteiger partial charge in [0, 0.05) is 12.2 Å². The first-order valence-electron chi connectivity index (χ1n) is 8.74.